The molecular weight excluding hydrogens is 434 g/mol. The third-order valence-electron chi connectivity index (χ3n) is 7.17. The lowest BCUT2D eigenvalue weighted by Crippen LogP contribution is -2.52. The van der Waals surface area contributed by atoms with Crippen LogP contribution in [0, 0.1) is 0 Å². The van der Waals surface area contributed by atoms with Crippen LogP contribution < -0.4 is 10.6 Å². The Morgan fingerprint density at radius 2 is 1.82 bits per heavy atom. The molecule has 0 spiro atoms. The highest BCUT2D eigenvalue weighted by molar-refractivity contribution is 6.42. The Balaban J connectivity index is 1.26. The van der Waals surface area contributed by atoms with Crippen LogP contribution in [0.4, 0.5) is 0 Å². The molecule has 34 heavy (non-hydrogen) atoms. The summed E-state index contributed by atoms with van der Waals surface area (Å²) >= 11 is 0. The lowest BCUT2D eigenvalue weighted by molar-refractivity contribution is -0.136. The number of piperidine rings is 1. The maximum absolute atomic E-state index is 12.9. The number of benzene rings is 2. The van der Waals surface area contributed by atoms with Crippen molar-refractivity contribution < 1.29 is 24.0 Å². The molecule has 2 fully saturated rings. The first-order valence-corrected chi connectivity index (χ1v) is 11.5. The second-order valence-electron chi connectivity index (χ2n) is 9.49. The van der Waals surface area contributed by atoms with Crippen LogP contribution in [0.3, 0.4) is 0 Å². The molecule has 2 aliphatic heterocycles. The number of Topliss-reactive ketones (excluding diaryl/α,β-unsaturated/α-hetero) is 1. The van der Waals surface area contributed by atoms with Crippen molar-refractivity contribution in [3.05, 3.63) is 70.3 Å². The largest absolute Gasteiger partial charge is 0.345 e. The molecule has 2 heterocycles. The number of amides is 4. The molecule has 1 saturated carbocycles. The SMILES string of the molecule is CC1(c2ccc(C(=O)C(=O)NCc3cccc4c3CN(C3CCC(=O)NC3=O)C4=O)cc2)CC1. The Kier molecular flexibility index (Phi) is 5.31. The predicted molar refractivity (Wildman–Crippen MR) is 122 cm³/mol. The van der Waals surface area contributed by atoms with Crippen molar-refractivity contribution in [2.45, 2.75) is 57.2 Å². The summed E-state index contributed by atoms with van der Waals surface area (Å²) in [6.45, 7) is 2.47. The average molecular weight is 460 g/mol. The molecule has 0 aromatic heterocycles. The first kappa shape index (κ1) is 22.0. The highest BCUT2D eigenvalue weighted by Crippen LogP contribution is 2.47. The van der Waals surface area contributed by atoms with Crippen molar-refractivity contribution in [3.63, 3.8) is 0 Å². The summed E-state index contributed by atoms with van der Waals surface area (Å²) in [4.78, 5) is 63.2. The molecule has 1 atom stereocenters. The van der Waals surface area contributed by atoms with Crippen LogP contribution in [0.15, 0.2) is 42.5 Å². The number of rotatable bonds is 6. The van der Waals surface area contributed by atoms with E-state index >= 15 is 0 Å². The Morgan fingerprint density at radius 3 is 2.50 bits per heavy atom. The summed E-state index contributed by atoms with van der Waals surface area (Å²) in [5.74, 6) is -2.41. The van der Waals surface area contributed by atoms with Gasteiger partial charge in [0, 0.05) is 30.6 Å². The molecule has 8 heteroatoms. The maximum Gasteiger partial charge on any atom is 0.292 e. The summed E-state index contributed by atoms with van der Waals surface area (Å²) in [6.07, 6.45) is 2.72. The van der Waals surface area contributed by atoms with E-state index in [2.05, 4.69) is 17.6 Å². The van der Waals surface area contributed by atoms with Crippen molar-refractivity contribution >= 4 is 29.4 Å². The minimum atomic E-state index is -0.714. The van der Waals surface area contributed by atoms with Crippen LogP contribution in [-0.4, -0.2) is 40.4 Å². The Hall–Kier alpha value is -3.81. The molecular formula is C26H25N3O5. The van der Waals surface area contributed by atoms with Gasteiger partial charge in [0.1, 0.15) is 6.04 Å². The maximum atomic E-state index is 12.9. The highest BCUT2D eigenvalue weighted by atomic mass is 16.2. The number of carbonyl (C=O) groups excluding carboxylic acids is 5. The van der Waals surface area contributed by atoms with E-state index in [1.54, 1.807) is 30.3 Å². The first-order valence-electron chi connectivity index (χ1n) is 11.5. The standard InChI is InChI=1S/C26H25N3O5/c1-26(11-12-26)17-7-5-15(6-8-17)22(31)24(33)27-13-16-3-2-4-18-19(16)14-29(25(18)34)20-9-10-21(30)28-23(20)32/h2-8,20H,9-14H2,1H3,(H,27,33)(H,28,30,32). The normalized spacial score (nSPS) is 20.6. The van der Waals surface area contributed by atoms with Gasteiger partial charge in [0.05, 0.1) is 0 Å². The zero-order valence-corrected chi connectivity index (χ0v) is 18.8. The second-order valence-corrected chi connectivity index (χ2v) is 9.49. The molecule has 5 rings (SSSR count). The summed E-state index contributed by atoms with van der Waals surface area (Å²) in [5, 5.41) is 4.95. The molecule has 8 nitrogen and oxygen atoms in total. The van der Waals surface area contributed by atoms with Crippen LogP contribution in [0.2, 0.25) is 0 Å². The van der Waals surface area contributed by atoms with Crippen LogP contribution in [0.25, 0.3) is 0 Å². The first-order chi connectivity index (χ1) is 16.3. The van der Waals surface area contributed by atoms with Gasteiger partial charge < -0.3 is 10.2 Å². The Labute approximate surface area is 196 Å². The number of imide groups is 1. The lowest BCUT2D eigenvalue weighted by Gasteiger charge is -2.29. The Morgan fingerprint density at radius 1 is 1.09 bits per heavy atom. The fourth-order valence-corrected chi connectivity index (χ4v) is 4.70. The molecule has 1 saturated heterocycles. The summed E-state index contributed by atoms with van der Waals surface area (Å²) in [5.41, 5.74) is 3.59. The number of nitrogens with one attached hydrogen (secondary N) is 2. The fourth-order valence-electron chi connectivity index (χ4n) is 4.70. The van der Waals surface area contributed by atoms with E-state index in [1.807, 2.05) is 12.1 Å². The zero-order chi connectivity index (χ0) is 24.0. The fraction of sp³-hybridized carbons (Fsp3) is 0.346. The van der Waals surface area contributed by atoms with Gasteiger partial charge >= 0.3 is 0 Å². The summed E-state index contributed by atoms with van der Waals surface area (Å²) in [7, 11) is 0. The second kappa shape index (κ2) is 8.20. The number of ketones is 1. The Bertz CT molecular complexity index is 1230. The van der Waals surface area contributed by atoms with E-state index in [0.717, 1.165) is 12.8 Å². The quantitative estimate of drug-likeness (QED) is 0.390. The predicted octanol–water partition coefficient (Wildman–Crippen LogP) is 2.00. The zero-order valence-electron chi connectivity index (χ0n) is 18.8. The topological polar surface area (TPSA) is 113 Å². The van der Waals surface area contributed by atoms with Crippen LogP contribution in [0.1, 0.15) is 70.0 Å². The number of nitrogens with zero attached hydrogens (tertiary/aromatic N) is 1. The van der Waals surface area contributed by atoms with Gasteiger partial charge in [-0.05, 0) is 47.4 Å². The molecule has 174 valence electrons. The van der Waals surface area contributed by atoms with E-state index in [-0.39, 0.29) is 43.2 Å². The molecule has 0 radical (unpaired) electrons. The van der Waals surface area contributed by atoms with Gasteiger partial charge in [-0.15, -0.1) is 0 Å². The van der Waals surface area contributed by atoms with Crippen LogP contribution in [-0.2, 0) is 32.9 Å². The molecule has 2 N–H and O–H groups in total. The average Bonchev–Trinajstić information content (AvgIpc) is 3.50. The van der Waals surface area contributed by atoms with Gasteiger partial charge in [-0.2, -0.15) is 0 Å². The monoisotopic (exact) mass is 459 g/mol. The van der Waals surface area contributed by atoms with E-state index in [4.69, 9.17) is 0 Å². The number of hydrogen-bond donors (Lipinski definition) is 2. The minimum Gasteiger partial charge on any atom is -0.345 e. The van der Waals surface area contributed by atoms with Crippen molar-refractivity contribution in [2.24, 2.45) is 0 Å². The van der Waals surface area contributed by atoms with Crippen molar-refractivity contribution in [1.82, 2.24) is 15.5 Å². The van der Waals surface area contributed by atoms with Crippen molar-refractivity contribution in [3.8, 4) is 0 Å². The highest BCUT2D eigenvalue weighted by Gasteiger charge is 2.40. The minimum absolute atomic E-state index is 0.0837. The molecule has 1 unspecified atom stereocenters. The third kappa shape index (κ3) is 3.89. The molecule has 3 aliphatic rings. The number of carbonyl (C=O) groups is 5. The third-order valence-corrected chi connectivity index (χ3v) is 7.17. The van der Waals surface area contributed by atoms with Crippen LogP contribution >= 0.6 is 0 Å². The smallest absolute Gasteiger partial charge is 0.292 e. The lowest BCUT2D eigenvalue weighted by atomic mass is 9.96. The van der Waals surface area contributed by atoms with Gasteiger partial charge in [0.15, 0.2) is 0 Å². The van der Waals surface area contributed by atoms with Crippen LogP contribution in [0.5, 0.6) is 0 Å². The van der Waals surface area contributed by atoms with E-state index in [9.17, 15) is 24.0 Å². The van der Waals surface area contributed by atoms with Gasteiger partial charge in [-0.1, -0.05) is 43.3 Å². The number of fused-ring (bicyclic) bond motifs is 1. The van der Waals surface area contributed by atoms with E-state index in [1.165, 1.54) is 10.5 Å². The van der Waals surface area contributed by atoms with Crippen molar-refractivity contribution in [2.75, 3.05) is 0 Å². The van der Waals surface area contributed by atoms with Crippen molar-refractivity contribution in [1.29, 1.82) is 0 Å². The molecule has 4 amide bonds. The summed E-state index contributed by atoms with van der Waals surface area (Å²) in [6, 6.07) is 11.7. The van der Waals surface area contributed by atoms with E-state index < -0.39 is 23.6 Å². The molecule has 2 aromatic carbocycles. The van der Waals surface area contributed by atoms with Gasteiger partial charge in [0.25, 0.3) is 11.8 Å². The van der Waals surface area contributed by atoms with E-state index in [0.29, 0.717) is 22.3 Å². The molecule has 0 bridgehead atoms. The number of hydrogen-bond acceptors (Lipinski definition) is 5. The summed E-state index contributed by atoms with van der Waals surface area (Å²) < 4.78 is 0. The molecule has 2 aromatic rings. The van der Waals surface area contributed by atoms with Gasteiger partial charge in [0.2, 0.25) is 17.6 Å². The molecule has 1 aliphatic carbocycles. The van der Waals surface area contributed by atoms with Gasteiger partial charge in [-0.25, -0.2) is 0 Å². The van der Waals surface area contributed by atoms with Gasteiger partial charge in [-0.3, -0.25) is 29.3 Å².